The lowest BCUT2D eigenvalue weighted by Gasteiger charge is -2.49. The van der Waals surface area contributed by atoms with E-state index in [2.05, 4.69) is 18.2 Å². The number of fused-ring (bicyclic) bond motifs is 5. The Balaban J connectivity index is 1.39. The van der Waals surface area contributed by atoms with Gasteiger partial charge >= 0.3 is 0 Å². The predicted octanol–water partition coefficient (Wildman–Crippen LogP) is 5.81. The van der Waals surface area contributed by atoms with Crippen molar-refractivity contribution in [1.29, 1.82) is 0 Å². The minimum Gasteiger partial charge on any atom is -0.265 e. The van der Waals surface area contributed by atoms with Crippen LogP contribution in [0.1, 0.15) is 56.9 Å². The van der Waals surface area contributed by atoms with Crippen LogP contribution in [0.5, 0.6) is 0 Å². The van der Waals surface area contributed by atoms with E-state index in [-0.39, 0.29) is 12.0 Å². The van der Waals surface area contributed by atoms with Crippen LogP contribution >= 0.6 is 0 Å². The minimum atomic E-state index is -3.73. The zero-order valence-corrected chi connectivity index (χ0v) is 18.2. The Labute approximate surface area is 175 Å². The second-order valence-electron chi connectivity index (χ2n) is 9.68. The monoisotopic (exact) mass is 412 g/mol. The molecule has 0 N–H and O–H groups in total. The summed E-state index contributed by atoms with van der Waals surface area (Å²) in [6.45, 7) is 2.11. The fourth-order valence-corrected chi connectivity index (χ4v) is 8.01. The van der Waals surface area contributed by atoms with Crippen molar-refractivity contribution in [2.24, 2.45) is 29.1 Å². The highest BCUT2D eigenvalue weighted by atomic mass is 32.2. The van der Waals surface area contributed by atoms with Crippen LogP contribution in [0.25, 0.3) is 0 Å². The van der Waals surface area contributed by atoms with Crippen LogP contribution in [0.4, 0.5) is 0 Å². The summed E-state index contributed by atoms with van der Waals surface area (Å²) < 4.78 is 31.5. The highest BCUT2D eigenvalue weighted by Gasteiger charge is 2.52. The third-order valence-electron chi connectivity index (χ3n) is 8.23. The molecule has 4 heteroatoms. The molecule has 5 rings (SSSR count). The number of rotatable bonds is 4. The molecular weight excluding hydrogens is 380 g/mol. The van der Waals surface area contributed by atoms with Gasteiger partial charge in [-0.3, -0.25) is 4.18 Å². The second-order valence-corrected chi connectivity index (χ2v) is 11.3. The molecule has 2 saturated carbocycles. The Morgan fingerprint density at radius 2 is 2.00 bits per heavy atom. The van der Waals surface area contributed by atoms with Crippen LogP contribution in [0.3, 0.4) is 0 Å². The van der Waals surface area contributed by atoms with Crippen LogP contribution in [0.15, 0.2) is 53.0 Å². The van der Waals surface area contributed by atoms with E-state index in [1.807, 2.05) is 19.1 Å². The van der Waals surface area contributed by atoms with Crippen LogP contribution in [0.2, 0.25) is 0 Å². The summed E-state index contributed by atoms with van der Waals surface area (Å²) >= 11 is 0. The Morgan fingerprint density at radius 1 is 1.14 bits per heavy atom. The average molecular weight is 413 g/mol. The number of aryl methyl sites for hydroxylation is 1. The Morgan fingerprint density at radius 3 is 2.86 bits per heavy atom. The zero-order chi connectivity index (χ0) is 20.1. The Hall–Kier alpha value is -1.39. The van der Waals surface area contributed by atoms with Gasteiger partial charge in [0, 0.05) is 5.41 Å². The van der Waals surface area contributed by atoms with Gasteiger partial charge in [-0.05, 0) is 80.8 Å². The molecule has 0 aromatic heterocycles. The molecule has 156 valence electrons. The second kappa shape index (κ2) is 7.39. The van der Waals surface area contributed by atoms with Crippen molar-refractivity contribution in [3.8, 4) is 0 Å². The maximum atomic E-state index is 12.9. The first-order chi connectivity index (χ1) is 14.0. The molecule has 0 saturated heterocycles. The van der Waals surface area contributed by atoms with Crippen LogP contribution in [-0.4, -0.2) is 15.0 Å². The lowest BCUT2D eigenvalue weighted by molar-refractivity contribution is 0.0613. The first kappa shape index (κ1) is 19.6. The standard InChI is InChI=1S/C25H32O3S/c1-18-7-2-5-11-24(18)29(26,27)28-17-25-15-6-10-23(25)22-13-12-19-8-3-4-9-20(19)21(22)14-16-25/h2,5,7,11-12,14,16,20-23H,3-4,6,8-10,13,15,17H2,1H3/t20-,21+,22+,23-,25-/m0/s1. The summed E-state index contributed by atoms with van der Waals surface area (Å²) in [6, 6.07) is 7.10. The van der Waals surface area contributed by atoms with Gasteiger partial charge < -0.3 is 0 Å². The molecule has 29 heavy (non-hydrogen) atoms. The molecule has 1 aromatic rings. The molecule has 0 unspecified atom stereocenters. The van der Waals surface area contributed by atoms with Gasteiger partial charge in [0.1, 0.15) is 0 Å². The van der Waals surface area contributed by atoms with E-state index in [0.29, 0.717) is 22.6 Å². The quantitative estimate of drug-likeness (QED) is 0.463. The highest BCUT2D eigenvalue weighted by Crippen LogP contribution is 2.58. The molecule has 3 nitrogen and oxygen atoms in total. The molecule has 0 amide bonds. The van der Waals surface area contributed by atoms with Crippen molar-refractivity contribution in [1.82, 2.24) is 0 Å². The largest absolute Gasteiger partial charge is 0.297 e. The summed E-state index contributed by atoms with van der Waals surface area (Å²) in [7, 11) is -3.73. The zero-order valence-electron chi connectivity index (χ0n) is 17.3. The highest BCUT2D eigenvalue weighted by molar-refractivity contribution is 7.86. The number of benzene rings is 1. The van der Waals surface area contributed by atoms with Gasteiger partial charge in [0.25, 0.3) is 10.1 Å². The predicted molar refractivity (Wildman–Crippen MR) is 115 cm³/mol. The fraction of sp³-hybridized carbons (Fsp3) is 0.600. The third-order valence-corrected chi connectivity index (χ3v) is 9.65. The van der Waals surface area contributed by atoms with E-state index in [1.165, 1.54) is 38.5 Å². The van der Waals surface area contributed by atoms with E-state index < -0.39 is 10.1 Å². The summed E-state index contributed by atoms with van der Waals surface area (Å²) in [5.74, 6) is 2.58. The van der Waals surface area contributed by atoms with Crippen molar-refractivity contribution in [3.05, 3.63) is 53.6 Å². The number of hydrogen-bond acceptors (Lipinski definition) is 3. The molecule has 0 radical (unpaired) electrons. The summed E-state index contributed by atoms with van der Waals surface area (Å²) in [4.78, 5) is 0.302. The molecule has 4 aliphatic rings. The van der Waals surface area contributed by atoms with Crippen molar-refractivity contribution >= 4 is 10.1 Å². The van der Waals surface area contributed by atoms with E-state index in [4.69, 9.17) is 4.18 Å². The average Bonchev–Trinajstić information content (AvgIpc) is 3.17. The number of hydrogen-bond donors (Lipinski definition) is 0. The van der Waals surface area contributed by atoms with Crippen LogP contribution < -0.4 is 0 Å². The minimum absolute atomic E-state index is 0.114. The Bertz CT molecular complexity index is 945. The maximum absolute atomic E-state index is 12.9. The van der Waals surface area contributed by atoms with E-state index in [9.17, 15) is 8.42 Å². The van der Waals surface area contributed by atoms with Gasteiger partial charge in [-0.25, -0.2) is 0 Å². The first-order valence-electron chi connectivity index (χ1n) is 11.3. The van der Waals surface area contributed by atoms with Gasteiger partial charge in [0.05, 0.1) is 11.5 Å². The first-order valence-corrected chi connectivity index (χ1v) is 12.7. The summed E-state index contributed by atoms with van der Waals surface area (Å²) in [6.07, 6.45) is 17.3. The van der Waals surface area contributed by atoms with Gasteiger partial charge in [-0.1, -0.05) is 54.8 Å². The molecule has 2 fully saturated rings. The van der Waals surface area contributed by atoms with E-state index in [1.54, 1.807) is 17.7 Å². The van der Waals surface area contributed by atoms with Crippen LogP contribution in [0, 0.1) is 36.0 Å². The smallest absolute Gasteiger partial charge is 0.265 e. The molecule has 1 aromatic carbocycles. The fourth-order valence-electron chi connectivity index (χ4n) is 6.80. The van der Waals surface area contributed by atoms with Crippen molar-refractivity contribution < 1.29 is 12.6 Å². The van der Waals surface area contributed by atoms with Crippen molar-refractivity contribution in [2.45, 2.75) is 63.2 Å². The molecule has 0 aliphatic heterocycles. The van der Waals surface area contributed by atoms with Gasteiger partial charge in [0.15, 0.2) is 0 Å². The number of allylic oxidation sites excluding steroid dienone is 3. The molecule has 5 atom stereocenters. The Kier molecular flexibility index (Phi) is 4.98. The molecule has 4 aliphatic carbocycles. The van der Waals surface area contributed by atoms with Gasteiger partial charge in [-0.2, -0.15) is 8.42 Å². The molecular formula is C25H32O3S. The summed E-state index contributed by atoms with van der Waals surface area (Å²) in [5.41, 5.74) is 2.33. The molecule has 0 heterocycles. The van der Waals surface area contributed by atoms with Crippen molar-refractivity contribution in [2.75, 3.05) is 6.61 Å². The maximum Gasteiger partial charge on any atom is 0.297 e. The summed E-state index contributed by atoms with van der Waals surface area (Å²) in [5, 5.41) is 0. The lowest BCUT2D eigenvalue weighted by atomic mass is 9.56. The van der Waals surface area contributed by atoms with Gasteiger partial charge in [-0.15, -0.1) is 0 Å². The van der Waals surface area contributed by atoms with E-state index in [0.717, 1.165) is 24.3 Å². The third kappa shape index (κ3) is 3.33. The van der Waals surface area contributed by atoms with Crippen LogP contribution in [-0.2, 0) is 14.3 Å². The molecule has 0 bridgehead atoms. The SMILES string of the molecule is Cc1ccccc1S(=O)(=O)OC[C@]12C=C[C@H]3[C@@H](CC=C4CCCC[C@@H]43)[C@@H]1CCC2. The van der Waals surface area contributed by atoms with E-state index >= 15 is 0 Å². The topological polar surface area (TPSA) is 43.4 Å². The van der Waals surface area contributed by atoms with Crippen molar-refractivity contribution in [3.63, 3.8) is 0 Å². The lowest BCUT2D eigenvalue weighted by Crippen LogP contribution is -2.44. The normalized spacial score (nSPS) is 36.1. The van der Waals surface area contributed by atoms with Gasteiger partial charge in [0.2, 0.25) is 0 Å². The molecule has 0 spiro atoms.